The van der Waals surface area contributed by atoms with Gasteiger partial charge in [-0.25, -0.2) is 0 Å². The third-order valence-corrected chi connectivity index (χ3v) is 4.08. The van der Waals surface area contributed by atoms with Crippen molar-refractivity contribution in [3.05, 3.63) is 63.7 Å². The molecule has 9 nitrogen and oxygen atoms in total. The molecular formula is C20H22N2O7. The van der Waals surface area contributed by atoms with E-state index >= 15 is 0 Å². The average Bonchev–Trinajstić information content (AvgIpc) is 2.71. The van der Waals surface area contributed by atoms with Gasteiger partial charge in [-0.15, -0.1) is 0 Å². The number of carbonyl (C=O) groups excluding carboxylic acids is 1. The first-order valence-corrected chi connectivity index (χ1v) is 8.93. The molecule has 0 radical (unpaired) electrons. The summed E-state index contributed by atoms with van der Waals surface area (Å²) in [7, 11) is 1.29. The first-order chi connectivity index (χ1) is 13.8. The highest BCUT2D eigenvalue weighted by molar-refractivity contribution is 5.95. The lowest BCUT2D eigenvalue weighted by Crippen LogP contribution is -2.30. The lowest BCUT2D eigenvalue weighted by atomic mass is 10.0. The lowest BCUT2D eigenvalue weighted by molar-refractivity contribution is -0.385. The van der Waals surface area contributed by atoms with Crippen molar-refractivity contribution < 1.29 is 29.1 Å². The number of rotatable bonds is 10. The summed E-state index contributed by atoms with van der Waals surface area (Å²) < 4.78 is 10.4. The van der Waals surface area contributed by atoms with Crippen molar-refractivity contribution in [2.75, 3.05) is 13.7 Å². The smallest absolute Gasteiger partial charge is 0.311 e. The predicted molar refractivity (Wildman–Crippen MR) is 104 cm³/mol. The van der Waals surface area contributed by atoms with E-state index in [0.717, 1.165) is 12.5 Å². The zero-order valence-electron chi connectivity index (χ0n) is 16.1. The average molecular weight is 402 g/mol. The highest BCUT2D eigenvalue weighted by Crippen LogP contribution is 2.28. The molecule has 29 heavy (non-hydrogen) atoms. The van der Waals surface area contributed by atoms with Crippen molar-refractivity contribution in [3.63, 3.8) is 0 Å². The molecule has 154 valence electrons. The normalized spacial score (nSPS) is 11.4. The van der Waals surface area contributed by atoms with E-state index in [0.29, 0.717) is 17.9 Å². The number of amides is 1. The van der Waals surface area contributed by atoms with E-state index in [1.807, 2.05) is 6.92 Å². The summed E-state index contributed by atoms with van der Waals surface area (Å²) in [5, 5.41) is 23.0. The number of hydrogen-bond acceptors (Lipinski definition) is 6. The van der Waals surface area contributed by atoms with Crippen LogP contribution in [-0.2, 0) is 4.79 Å². The third kappa shape index (κ3) is 5.93. The first kappa shape index (κ1) is 21.7. The number of aliphatic carboxylic acids is 1. The van der Waals surface area contributed by atoms with Gasteiger partial charge in [-0.2, -0.15) is 0 Å². The Morgan fingerprint density at radius 1 is 1.21 bits per heavy atom. The van der Waals surface area contributed by atoms with Crippen molar-refractivity contribution in [2.45, 2.75) is 25.8 Å². The zero-order valence-corrected chi connectivity index (χ0v) is 16.1. The van der Waals surface area contributed by atoms with E-state index in [2.05, 4.69) is 5.32 Å². The maximum absolute atomic E-state index is 12.6. The topological polar surface area (TPSA) is 128 Å². The van der Waals surface area contributed by atoms with Crippen LogP contribution >= 0.6 is 0 Å². The summed E-state index contributed by atoms with van der Waals surface area (Å²) in [6.07, 6.45) is 0.507. The number of hydrogen-bond donors (Lipinski definition) is 2. The van der Waals surface area contributed by atoms with Crippen LogP contribution in [0.5, 0.6) is 11.5 Å². The molecule has 0 aromatic heterocycles. The van der Waals surface area contributed by atoms with Crippen LogP contribution in [0.1, 0.15) is 41.7 Å². The van der Waals surface area contributed by atoms with E-state index in [4.69, 9.17) is 9.47 Å². The fraction of sp³-hybridized carbons (Fsp3) is 0.300. The molecule has 0 aliphatic rings. The van der Waals surface area contributed by atoms with Crippen molar-refractivity contribution in [1.29, 1.82) is 0 Å². The minimum Gasteiger partial charge on any atom is -0.494 e. The van der Waals surface area contributed by atoms with Crippen molar-refractivity contribution >= 4 is 17.6 Å². The van der Waals surface area contributed by atoms with Crippen LogP contribution < -0.4 is 14.8 Å². The van der Waals surface area contributed by atoms with Gasteiger partial charge < -0.3 is 19.9 Å². The van der Waals surface area contributed by atoms with Crippen molar-refractivity contribution in [3.8, 4) is 11.5 Å². The molecule has 1 atom stereocenters. The molecule has 0 saturated heterocycles. The van der Waals surface area contributed by atoms with Gasteiger partial charge >= 0.3 is 11.7 Å². The molecule has 0 saturated carbocycles. The molecule has 0 fully saturated rings. The monoisotopic (exact) mass is 402 g/mol. The molecule has 1 unspecified atom stereocenters. The molecule has 0 aliphatic carbocycles. The Labute approximate surface area is 167 Å². The number of carboxylic acid groups (broad SMARTS) is 1. The van der Waals surface area contributed by atoms with Crippen LogP contribution in [0.4, 0.5) is 5.69 Å². The standard InChI is InChI=1S/C20H22N2O7/c1-3-10-29-15-7-4-13(5-8-15)16(12-19(23)24)21-20(25)14-6-9-18(28-2)17(11-14)22(26)27/h4-9,11,16H,3,10,12H2,1-2H3,(H,21,25)(H,23,24). The summed E-state index contributed by atoms with van der Waals surface area (Å²) in [4.78, 5) is 34.4. The Kier molecular flexibility index (Phi) is 7.53. The molecule has 2 N–H and O–H groups in total. The van der Waals surface area contributed by atoms with Crippen LogP contribution in [-0.4, -0.2) is 35.6 Å². The maximum atomic E-state index is 12.6. The van der Waals surface area contributed by atoms with Gasteiger partial charge in [0.25, 0.3) is 5.91 Å². The Bertz CT molecular complexity index is 881. The number of methoxy groups -OCH3 is 1. The summed E-state index contributed by atoms with van der Waals surface area (Å²) in [5.41, 5.74) is 0.246. The SMILES string of the molecule is CCCOc1ccc(C(CC(=O)O)NC(=O)c2ccc(OC)c([N+](=O)[O-])c2)cc1. The van der Waals surface area contributed by atoms with Gasteiger partial charge in [-0.1, -0.05) is 19.1 Å². The van der Waals surface area contributed by atoms with Crippen LogP contribution in [0.2, 0.25) is 0 Å². The molecule has 2 rings (SSSR count). The van der Waals surface area contributed by atoms with Gasteiger partial charge in [0.2, 0.25) is 0 Å². The van der Waals surface area contributed by atoms with Crippen LogP contribution in [0.3, 0.4) is 0 Å². The molecule has 0 aliphatic heterocycles. The fourth-order valence-electron chi connectivity index (χ4n) is 2.66. The summed E-state index contributed by atoms with van der Waals surface area (Å²) in [6.45, 7) is 2.54. The number of carbonyl (C=O) groups is 2. The molecule has 1 amide bonds. The van der Waals surface area contributed by atoms with Crippen LogP contribution in [0.25, 0.3) is 0 Å². The second-order valence-corrected chi connectivity index (χ2v) is 6.19. The second kappa shape index (κ2) is 10.1. The Hall–Kier alpha value is -3.62. The van der Waals surface area contributed by atoms with E-state index < -0.39 is 22.8 Å². The summed E-state index contributed by atoms with van der Waals surface area (Å²) in [5.74, 6) is -1.06. The molecule has 9 heteroatoms. The maximum Gasteiger partial charge on any atom is 0.311 e. The van der Waals surface area contributed by atoms with Crippen molar-refractivity contribution in [2.24, 2.45) is 0 Å². The Morgan fingerprint density at radius 3 is 2.45 bits per heavy atom. The van der Waals surface area contributed by atoms with Crippen molar-refractivity contribution in [1.82, 2.24) is 5.32 Å². The number of ether oxygens (including phenoxy) is 2. The van der Waals surface area contributed by atoms with Gasteiger partial charge in [-0.05, 0) is 36.2 Å². The van der Waals surface area contributed by atoms with Gasteiger partial charge in [0.1, 0.15) is 5.75 Å². The van der Waals surface area contributed by atoms with E-state index in [1.54, 1.807) is 24.3 Å². The molecule has 0 spiro atoms. The summed E-state index contributed by atoms with van der Waals surface area (Å²) in [6, 6.07) is 9.72. The Morgan fingerprint density at radius 2 is 1.90 bits per heavy atom. The highest BCUT2D eigenvalue weighted by atomic mass is 16.6. The van der Waals surface area contributed by atoms with Crippen LogP contribution in [0.15, 0.2) is 42.5 Å². The van der Waals surface area contributed by atoms with Gasteiger partial charge in [0.15, 0.2) is 5.75 Å². The zero-order chi connectivity index (χ0) is 21.4. The third-order valence-electron chi connectivity index (χ3n) is 4.08. The molecule has 2 aromatic rings. The first-order valence-electron chi connectivity index (χ1n) is 8.93. The fourth-order valence-corrected chi connectivity index (χ4v) is 2.66. The van der Waals surface area contributed by atoms with Gasteiger partial charge in [-0.3, -0.25) is 19.7 Å². The minimum absolute atomic E-state index is 0.0239. The number of carboxylic acids is 1. The summed E-state index contributed by atoms with van der Waals surface area (Å²) >= 11 is 0. The largest absolute Gasteiger partial charge is 0.494 e. The minimum atomic E-state index is -1.10. The molecule has 2 aromatic carbocycles. The quantitative estimate of drug-likeness (QED) is 0.461. The number of nitro benzene ring substituents is 1. The van der Waals surface area contributed by atoms with Gasteiger partial charge in [0.05, 0.1) is 31.1 Å². The van der Waals surface area contributed by atoms with Crippen LogP contribution in [0, 0.1) is 10.1 Å². The number of nitrogens with one attached hydrogen (secondary N) is 1. The van der Waals surface area contributed by atoms with E-state index in [-0.39, 0.29) is 23.4 Å². The number of nitro groups is 1. The lowest BCUT2D eigenvalue weighted by Gasteiger charge is -2.18. The molecule has 0 bridgehead atoms. The number of nitrogens with zero attached hydrogens (tertiary/aromatic N) is 1. The molecular weight excluding hydrogens is 380 g/mol. The van der Waals surface area contributed by atoms with E-state index in [9.17, 15) is 24.8 Å². The highest BCUT2D eigenvalue weighted by Gasteiger charge is 2.22. The van der Waals surface area contributed by atoms with E-state index in [1.165, 1.54) is 19.2 Å². The predicted octanol–water partition coefficient (Wildman–Crippen LogP) is 3.34. The number of benzene rings is 2. The molecule has 0 heterocycles. The van der Waals surface area contributed by atoms with Gasteiger partial charge in [0, 0.05) is 11.6 Å². The second-order valence-electron chi connectivity index (χ2n) is 6.19. The Balaban J connectivity index is 2.23.